The lowest BCUT2D eigenvalue weighted by atomic mass is 10.2. The molecule has 2 amide bonds. The molecule has 10 nitrogen and oxygen atoms in total. The third-order valence-electron chi connectivity index (χ3n) is 6.17. The second kappa shape index (κ2) is 12.9. The first-order chi connectivity index (χ1) is 18.3. The average Bonchev–Trinajstić information content (AvgIpc) is 3.34. The molecular formula is C28H37N5O5. The van der Waals surface area contributed by atoms with Gasteiger partial charge in [0.1, 0.15) is 5.60 Å². The van der Waals surface area contributed by atoms with Gasteiger partial charge in [0, 0.05) is 38.7 Å². The van der Waals surface area contributed by atoms with Gasteiger partial charge in [0.05, 0.1) is 24.1 Å². The Hall–Kier alpha value is -3.34. The molecule has 0 saturated carbocycles. The Morgan fingerprint density at radius 3 is 2.74 bits per heavy atom. The van der Waals surface area contributed by atoms with Crippen LogP contribution in [0.5, 0.6) is 0 Å². The van der Waals surface area contributed by atoms with Crippen molar-refractivity contribution in [1.29, 1.82) is 0 Å². The van der Waals surface area contributed by atoms with Crippen molar-refractivity contribution in [1.82, 2.24) is 20.3 Å². The lowest BCUT2D eigenvalue weighted by Gasteiger charge is -2.31. The highest BCUT2D eigenvalue weighted by molar-refractivity contribution is 5.91. The number of carbonyl (C=O) groups is 2. The number of hydroxylamine groups is 1. The summed E-state index contributed by atoms with van der Waals surface area (Å²) in [6, 6.07) is 10.1. The summed E-state index contributed by atoms with van der Waals surface area (Å²) in [5.41, 5.74) is 3.37. The fraction of sp³-hybridized carbons (Fsp3) is 0.500. The maximum Gasteiger partial charge on any atom is 0.416 e. The fourth-order valence-corrected chi connectivity index (χ4v) is 4.44. The van der Waals surface area contributed by atoms with Crippen molar-refractivity contribution >= 4 is 23.9 Å². The minimum Gasteiger partial charge on any atom is -0.443 e. The van der Waals surface area contributed by atoms with Gasteiger partial charge in [0.25, 0.3) is 5.91 Å². The molecule has 2 saturated heterocycles. The number of benzene rings is 1. The van der Waals surface area contributed by atoms with Crippen LogP contribution in [0.25, 0.3) is 6.08 Å². The highest BCUT2D eigenvalue weighted by Crippen LogP contribution is 2.25. The second-order valence-electron chi connectivity index (χ2n) is 10.5. The van der Waals surface area contributed by atoms with Crippen LogP contribution >= 0.6 is 0 Å². The zero-order valence-electron chi connectivity index (χ0n) is 22.3. The summed E-state index contributed by atoms with van der Waals surface area (Å²) in [6.45, 7) is 8.46. The smallest absolute Gasteiger partial charge is 0.416 e. The third kappa shape index (κ3) is 8.34. The van der Waals surface area contributed by atoms with Crippen LogP contribution in [0.2, 0.25) is 0 Å². The van der Waals surface area contributed by atoms with Crippen LogP contribution in [0.3, 0.4) is 0 Å². The number of hydrogen-bond acceptors (Lipinski definition) is 8. The van der Waals surface area contributed by atoms with Crippen molar-refractivity contribution in [3.8, 4) is 0 Å². The molecule has 0 aliphatic carbocycles. The van der Waals surface area contributed by atoms with E-state index in [4.69, 9.17) is 14.3 Å². The van der Waals surface area contributed by atoms with E-state index in [2.05, 4.69) is 32.5 Å². The summed E-state index contributed by atoms with van der Waals surface area (Å²) >= 11 is 0. The standard InChI is InChI=1S/C28H37N5O5/c1-28(2,3)37-27(35)33(23-14-15-32(20-23)19-21-9-5-4-6-10-21)24-18-29-17-22(30-24)12-13-25(34)31-38-26-11-7-8-16-36-26/h4-6,9-10,12-13,17-18,23,26H,7-8,11,14-16,19-20H2,1-3H3,(H,31,34)/t23-,26?/m1/s1. The lowest BCUT2D eigenvalue weighted by molar-refractivity contribution is -0.198. The Labute approximate surface area is 223 Å². The van der Waals surface area contributed by atoms with E-state index < -0.39 is 23.9 Å². The Morgan fingerprint density at radius 2 is 2.00 bits per heavy atom. The molecule has 0 bridgehead atoms. The van der Waals surface area contributed by atoms with Crippen LogP contribution in [0.15, 0.2) is 48.8 Å². The number of nitrogens with one attached hydrogen (secondary N) is 1. The van der Waals surface area contributed by atoms with E-state index in [0.717, 1.165) is 38.8 Å². The van der Waals surface area contributed by atoms with Gasteiger partial charge in [-0.2, -0.15) is 0 Å². The van der Waals surface area contributed by atoms with Gasteiger partial charge in [-0.05, 0) is 51.7 Å². The molecule has 2 aromatic rings. The minimum atomic E-state index is -0.664. The summed E-state index contributed by atoms with van der Waals surface area (Å²) in [6.07, 6.45) is 8.52. The summed E-state index contributed by atoms with van der Waals surface area (Å²) in [5.74, 6) is -0.0667. The van der Waals surface area contributed by atoms with E-state index in [0.29, 0.717) is 24.7 Å². The second-order valence-corrected chi connectivity index (χ2v) is 10.5. The topological polar surface area (TPSA) is 106 Å². The molecule has 1 unspecified atom stereocenters. The Balaban J connectivity index is 1.44. The highest BCUT2D eigenvalue weighted by Gasteiger charge is 2.35. The first-order valence-electron chi connectivity index (χ1n) is 13.1. The molecule has 2 aliphatic rings. The molecule has 2 fully saturated rings. The van der Waals surface area contributed by atoms with E-state index in [9.17, 15) is 9.59 Å². The summed E-state index contributed by atoms with van der Waals surface area (Å²) < 4.78 is 11.2. The molecule has 38 heavy (non-hydrogen) atoms. The van der Waals surface area contributed by atoms with Gasteiger partial charge in [-0.3, -0.25) is 19.6 Å². The van der Waals surface area contributed by atoms with Gasteiger partial charge in [0.15, 0.2) is 12.1 Å². The Morgan fingerprint density at radius 1 is 1.18 bits per heavy atom. The summed E-state index contributed by atoms with van der Waals surface area (Å²) in [5, 5.41) is 0. The quantitative estimate of drug-likeness (QED) is 0.408. The number of rotatable bonds is 8. The minimum absolute atomic E-state index is 0.130. The van der Waals surface area contributed by atoms with Crippen LogP contribution in [0, 0.1) is 0 Å². The first-order valence-corrected chi connectivity index (χ1v) is 13.1. The van der Waals surface area contributed by atoms with Crippen molar-refractivity contribution in [2.45, 2.75) is 70.9 Å². The molecule has 10 heteroatoms. The van der Waals surface area contributed by atoms with Crippen molar-refractivity contribution in [2.75, 3.05) is 24.6 Å². The molecular weight excluding hydrogens is 486 g/mol. The van der Waals surface area contributed by atoms with Gasteiger partial charge in [0.2, 0.25) is 0 Å². The molecule has 1 aromatic heterocycles. The van der Waals surface area contributed by atoms with E-state index >= 15 is 0 Å². The number of amides is 2. The van der Waals surface area contributed by atoms with E-state index in [1.54, 1.807) is 11.1 Å². The fourth-order valence-electron chi connectivity index (χ4n) is 4.44. The molecule has 1 N–H and O–H groups in total. The number of likely N-dealkylation sites (tertiary alicyclic amines) is 1. The van der Waals surface area contributed by atoms with Gasteiger partial charge >= 0.3 is 6.09 Å². The predicted molar refractivity (Wildman–Crippen MR) is 143 cm³/mol. The number of ether oxygens (including phenoxy) is 2. The van der Waals surface area contributed by atoms with Gasteiger partial charge in [-0.15, -0.1) is 0 Å². The van der Waals surface area contributed by atoms with Crippen molar-refractivity contribution in [2.24, 2.45) is 0 Å². The first kappa shape index (κ1) is 27.7. The molecule has 0 radical (unpaired) electrons. The van der Waals surface area contributed by atoms with E-state index in [1.807, 2.05) is 39.0 Å². The lowest BCUT2D eigenvalue weighted by Crippen LogP contribution is -2.45. The third-order valence-corrected chi connectivity index (χ3v) is 6.17. The molecule has 0 spiro atoms. The highest BCUT2D eigenvalue weighted by atomic mass is 16.8. The van der Waals surface area contributed by atoms with E-state index in [1.165, 1.54) is 23.9 Å². The number of nitrogens with zero attached hydrogens (tertiary/aromatic N) is 4. The monoisotopic (exact) mass is 523 g/mol. The summed E-state index contributed by atoms with van der Waals surface area (Å²) in [4.78, 5) is 43.7. The molecule has 1 aromatic carbocycles. The molecule has 4 rings (SSSR count). The van der Waals surface area contributed by atoms with Crippen molar-refractivity contribution < 1.29 is 23.9 Å². The Bertz CT molecular complexity index is 1100. The average molecular weight is 524 g/mol. The molecule has 2 aliphatic heterocycles. The largest absolute Gasteiger partial charge is 0.443 e. The number of carbonyl (C=O) groups excluding carboxylic acids is 2. The van der Waals surface area contributed by atoms with Crippen LogP contribution in [-0.2, 0) is 25.7 Å². The number of anilines is 1. The maximum atomic E-state index is 13.3. The van der Waals surface area contributed by atoms with Crippen LogP contribution < -0.4 is 10.4 Å². The maximum absolute atomic E-state index is 13.3. The van der Waals surface area contributed by atoms with Gasteiger partial charge in [-0.1, -0.05) is 30.3 Å². The summed E-state index contributed by atoms with van der Waals surface area (Å²) in [7, 11) is 0. The van der Waals surface area contributed by atoms with Gasteiger partial charge < -0.3 is 9.47 Å². The van der Waals surface area contributed by atoms with Crippen LogP contribution in [0.4, 0.5) is 10.6 Å². The predicted octanol–water partition coefficient (Wildman–Crippen LogP) is 4.08. The Kier molecular flexibility index (Phi) is 9.43. The zero-order valence-corrected chi connectivity index (χ0v) is 22.3. The normalized spacial score (nSPS) is 20.4. The van der Waals surface area contributed by atoms with Crippen molar-refractivity contribution in [3.05, 3.63) is 60.1 Å². The molecule has 204 valence electrons. The van der Waals surface area contributed by atoms with Crippen LogP contribution in [-0.4, -0.2) is 64.5 Å². The molecule has 2 atom stereocenters. The zero-order chi connectivity index (χ0) is 27.0. The molecule has 3 heterocycles. The van der Waals surface area contributed by atoms with Crippen LogP contribution in [0.1, 0.15) is 57.7 Å². The van der Waals surface area contributed by atoms with E-state index in [-0.39, 0.29) is 6.04 Å². The number of hydrogen-bond donors (Lipinski definition) is 1. The van der Waals surface area contributed by atoms with Crippen molar-refractivity contribution in [3.63, 3.8) is 0 Å². The SMILES string of the molecule is CC(C)(C)OC(=O)N(c1cncc(C=CC(=O)NOC2CCCCO2)n1)[C@@H]1CCN(Cc2ccccc2)C1. The van der Waals surface area contributed by atoms with Gasteiger partial charge in [-0.25, -0.2) is 20.1 Å². The number of aromatic nitrogens is 2.